The average Bonchev–Trinajstić information content (AvgIpc) is 2.86. The molecule has 0 radical (unpaired) electrons. The molecular formula is C25H32N6O4S. The zero-order valence-electron chi connectivity index (χ0n) is 20.5. The number of hydrogen-bond acceptors (Lipinski definition) is 10. The molecule has 4 rings (SSSR count). The highest BCUT2D eigenvalue weighted by molar-refractivity contribution is 7.90. The van der Waals surface area contributed by atoms with E-state index in [9.17, 15) is 18.6 Å². The van der Waals surface area contributed by atoms with Gasteiger partial charge in [0.2, 0.25) is 5.95 Å². The number of aromatic nitrogens is 2. The van der Waals surface area contributed by atoms with Crippen molar-refractivity contribution in [1.29, 1.82) is 0 Å². The van der Waals surface area contributed by atoms with Crippen LogP contribution in [-0.2, 0) is 16.4 Å². The Hall–Kier alpha value is -3.25. The molecule has 0 saturated carbocycles. The van der Waals surface area contributed by atoms with Crippen LogP contribution in [0, 0.1) is 6.92 Å². The number of sulfone groups is 1. The van der Waals surface area contributed by atoms with Crippen LogP contribution in [0.2, 0.25) is 0 Å². The molecule has 192 valence electrons. The van der Waals surface area contributed by atoms with Crippen LogP contribution in [0.5, 0.6) is 0 Å². The largest absolute Gasteiger partial charge is 0.395 e. The van der Waals surface area contributed by atoms with Gasteiger partial charge in [0.05, 0.1) is 18.1 Å². The quantitative estimate of drug-likeness (QED) is 0.339. The number of rotatable bonds is 9. The van der Waals surface area contributed by atoms with Gasteiger partial charge in [0, 0.05) is 67.8 Å². The smallest absolute Gasteiger partial charge is 0.229 e. The molecule has 0 amide bonds. The van der Waals surface area contributed by atoms with E-state index in [-0.39, 0.29) is 18.1 Å². The Balaban J connectivity index is 1.59. The van der Waals surface area contributed by atoms with E-state index in [4.69, 9.17) is 0 Å². The predicted molar refractivity (Wildman–Crippen MR) is 141 cm³/mol. The molecule has 1 aliphatic heterocycles. The highest BCUT2D eigenvalue weighted by Crippen LogP contribution is 2.28. The van der Waals surface area contributed by atoms with Gasteiger partial charge in [-0.05, 0) is 42.8 Å². The van der Waals surface area contributed by atoms with Gasteiger partial charge in [-0.25, -0.2) is 13.4 Å². The number of nitrogens with one attached hydrogen (secondary N) is 2. The van der Waals surface area contributed by atoms with Crippen molar-refractivity contribution >= 4 is 38.7 Å². The molecule has 0 aliphatic carbocycles. The molecule has 0 spiro atoms. The highest BCUT2D eigenvalue weighted by Gasteiger charge is 2.20. The van der Waals surface area contributed by atoms with E-state index in [1.165, 1.54) is 6.26 Å². The first-order valence-corrected chi connectivity index (χ1v) is 13.6. The normalized spacial score (nSPS) is 14.6. The maximum atomic E-state index is 12.4. The fourth-order valence-corrected chi connectivity index (χ4v) is 4.74. The number of aliphatic hydroxyl groups excluding tert-OH is 2. The van der Waals surface area contributed by atoms with Gasteiger partial charge in [0.25, 0.3) is 0 Å². The van der Waals surface area contributed by atoms with Crippen LogP contribution < -0.4 is 15.5 Å². The van der Waals surface area contributed by atoms with Crippen LogP contribution >= 0.6 is 0 Å². The first-order valence-electron chi connectivity index (χ1n) is 11.8. The lowest BCUT2D eigenvalue weighted by Gasteiger charge is -2.36. The minimum atomic E-state index is -3.44. The Morgan fingerprint density at radius 1 is 1.00 bits per heavy atom. The molecule has 36 heavy (non-hydrogen) atoms. The van der Waals surface area contributed by atoms with Crippen molar-refractivity contribution in [2.45, 2.75) is 18.4 Å². The van der Waals surface area contributed by atoms with E-state index >= 15 is 0 Å². The summed E-state index contributed by atoms with van der Waals surface area (Å²) in [7, 11) is -3.44. The molecule has 2 heterocycles. The summed E-state index contributed by atoms with van der Waals surface area (Å²) >= 11 is 0. The van der Waals surface area contributed by atoms with Crippen molar-refractivity contribution in [3.8, 4) is 0 Å². The van der Waals surface area contributed by atoms with Crippen LogP contribution in [-0.4, -0.2) is 79.1 Å². The van der Waals surface area contributed by atoms with E-state index < -0.39 is 9.84 Å². The monoisotopic (exact) mass is 512 g/mol. The molecule has 10 nitrogen and oxygen atoms in total. The van der Waals surface area contributed by atoms with Crippen LogP contribution in [0.1, 0.15) is 11.1 Å². The molecule has 1 saturated heterocycles. The third-order valence-corrected chi connectivity index (χ3v) is 7.17. The first-order chi connectivity index (χ1) is 17.2. The summed E-state index contributed by atoms with van der Waals surface area (Å²) in [5.74, 6) is 0.924. The molecular weight excluding hydrogens is 480 g/mol. The molecule has 1 aromatic heterocycles. The Bertz CT molecular complexity index is 1310. The van der Waals surface area contributed by atoms with Crippen molar-refractivity contribution in [3.05, 3.63) is 59.8 Å². The summed E-state index contributed by atoms with van der Waals surface area (Å²) in [5, 5.41) is 25.0. The maximum absolute atomic E-state index is 12.4. The van der Waals surface area contributed by atoms with Crippen LogP contribution in [0.4, 0.5) is 28.8 Å². The van der Waals surface area contributed by atoms with Crippen molar-refractivity contribution in [1.82, 2.24) is 14.9 Å². The number of nitrogens with zero attached hydrogens (tertiary/aromatic N) is 4. The summed E-state index contributed by atoms with van der Waals surface area (Å²) in [6, 6.07) is 12.6. The van der Waals surface area contributed by atoms with E-state index in [0.717, 1.165) is 48.7 Å². The third kappa shape index (κ3) is 6.49. The zero-order chi connectivity index (χ0) is 25.7. The zero-order valence-corrected chi connectivity index (χ0v) is 21.3. The van der Waals surface area contributed by atoms with Crippen molar-refractivity contribution < 1.29 is 18.6 Å². The summed E-state index contributed by atoms with van der Waals surface area (Å²) in [5.41, 5.74) is 3.78. The maximum Gasteiger partial charge on any atom is 0.229 e. The molecule has 2 aromatic carbocycles. The number of piperazine rings is 1. The lowest BCUT2D eigenvalue weighted by atomic mass is 10.2. The molecule has 0 unspecified atom stereocenters. The standard InChI is InChI=1S/C25H32N6O4S/c1-18-16-26-25(29-24(18)27-20-5-3-4-19(12-20)17-33)28-21-13-22(15-23(14-21)36(2,34)35)31-8-6-30(7-9-31)10-11-32/h3-5,12-16,32-33H,6-11,17H2,1-2H3,(H2,26,27,28,29). The predicted octanol–water partition coefficient (Wildman–Crippen LogP) is 2.28. The van der Waals surface area contributed by atoms with Gasteiger partial charge in [-0.15, -0.1) is 0 Å². The van der Waals surface area contributed by atoms with Gasteiger partial charge in [-0.1, -0.05) is 12.1 Å². The summed E-state index contributed by atoms with van der Waals surface area (Å²) < 4.78 is 24.8. The van der Waals surface area contributed by atoms with Gasteiger partial charge in [0.1, 0.15) is 5.82 Å². The highest BCUT2D eigenvalue weighted by atomic mass is 32.2. The second kappa shape index (κ2) is 11.2. The van der Waals surface area contributed by atoms with Crippen LogP contribution in [0.25, 0.3) is 0 Å². The fourth-order valence-electron chi connectivity index (χ4n) is 4.07. The third-order valence-electron chi connectivity index (χ3n) is 6.07. The molecule has 1 fully saturated rings. The van der Waals surface area contributed by atoms with Gasteiger partial charge >= 0.3 is 0 Å². The molecule has 0 atom stereocenters. The Kier molecular flexibility index (Phi) is 8.04. The molecule has 11 heteroatoms. The fraction of sp³-hybridized carbons (Fsp3) is 0.360. The van der Waals surface area contributed by atoms with E-state index in [1.807, 2.05) is 37.3 Å². The second-order valence-electron chi connectivity index (χ2n) is 8.87. The van der Waals surface area contributed by atoms with E-state index in [0.29, 0.717) is 24.0 Å². The first kappa shape index (κ1) is 25.8. The molecule has 4 N–H and O–H groups in total. The topological polar surface area (TPSA) is 131 Å². The molecule has 0 bridgehead atoms. The molecule has 3 aromatic rings. The summed E-state index contributed by atoms with van der Waals surface area (Å²) in [6.45, 7) is 5.64. The molecule has 1 aliphatic rings. The number of anilines is 5. The van der Waals surface area contributed by atoms with Gasteiger partial charge < -0.3 is 25.7 Å². The van der Waals surface area contributed by atoms with Gasteiger partial charge in [0.15, 0.2) is 9.84 Å². The van der Waals surface area contributed by atoms with Crippen molar-refractivity contribution in [2.24, 2.45) is 0 Å². The Labute approximate surface area is 211 Å². The second-order valence-corrected chi connectivity index (χ2v) is 10.9. The van der Waals surface area contributed by atoms with Crippen LogP contribution in [0.3, 0.4) is 0 Å². The van der Waals surface area contributed by atoms with E-state index in [2.05, 4.69) is 30.4 Å². The Morgan fingerprint density at radius 3 is 2.47 bits per heavy atom. The summed E-state index contributed by atoms with van der Waals surface area (Å²) in [6.07, 6.45) is 2.88. The van der Waals surface area contributed by atoms with Crippen molar-refractivity contribution in [2.75, 3.05) is 61.1 Å². The number of benzene rings is 2. The lowest BCUT2D eigenvalue weighted by Crippen LogP contribution is -2.47. The van der Waals surface area contributed by atoms with Gasteiger partial charge in [-0.3, -0.25) is 4.90 Å². The SMILES string of the molecule is Cc1cnc(Nc2cc(N3CCN(CCO)CC3)cc(S(C)(=O)=O)c2)nc1Nc1cccc(CO)c1. The summed E-state index contributed by atoms with van der Waals surface area (Å²) in [4.78, 5) is 13.5. The lowest BCUT2D eigenvalue weighted by molar-refractivity contribution is 0.189. The van der Waals surface area contributed by atoms with Crippen LogP contribution in [0.15, 0.2) is 53.6 Å². The minimum absolute atomic E-state index is 0.0550. The number of aliphatic hydroxyl groups is 2. The minimum Gasteiger partial charge on any atom is -0.395 e. The average molecular weight is 513 g/mol. The number of β-amino-alcohol motifs (C(OH)–C–C–N with tert-alkyl or cyclic N) is 1. The van der Waals surface area contributed by atoms with Crippen molar-refractivity contribution in [3.63, 3.8) is 0 Å². The number of aryl methyl sites for hydroxylation is 1. The number of hydrogen-bond donors (Lipinski definition) is 4. The van der Waals surface area contributed by atoms with Gasteiger partial charge in [-0.2, -0.15) is 4.98 Å². The Morgan fingerprint density at radius 2 is 1.78 bits per heavy atom. The van der Waals surface area contributed by atoms with E-state index in [1.54, 1.807) is 18.3 Å².